The third-order valence-corrected chi connectivity index (χ3v) is 4.22. The maximum atomic E-state index is 12.6. The Morgan fingerprint density at radius 2 is 1.81 bits per heavy atom. The van der Waals surface area contributed by atoms with Crippen LogP contribution in [0.5, 0.6) is 11.5 Å². The van der Waals surface area contributed by atoms with E-state index in [-0.39, 0.29) is 11.5 Å². The Morgan fingerprint density at radius 1 is 1.12 bits per heavy atom. The van der Waals surface area contributed by atoms with Crippen LogP contribution in [-0.4, -0.2) is 24.8 Å². The van der Waals surface area contributed by atoms with Crippen LogP contribution in [0.3, 0.4) is 0 Å². The first-order valence-corrected chi connectivity index (χ1v) is 8.63. The molecule has 5 heteroatoms. The van der Waals surface area contributed by atoms with E-state index in [1.165, 1.54) is 13.0 Å². The second-order valence-corrected chi connectivity index (χ2v) is 5.96. The molecule has 0 saturated heterocycles. The van der Waals surface area contributed by atoms with Crippen LogP contribution in [0, 0.1) is 0 Å². The van der Waals surface area contributed by atoms with Crippen molar-refractivity contribution in [3.8, 4) is 11.5 Å². The van der Waals surface area contributed by atoms with Gasteiger partial charge in [-0.25, -0.2) is 0 Å². The summed E-state index contributed by atoms with van der Waals surface area (Å²) in [6.45, 7) is 7.44. The zero-order chi connectivity index (χ0) is 18.7. The highest BCUT2D eigenvalue weighted by Crippen LogP contribution is 2.34. The van der Waals surface area contributed by atoms with E-state index in [1.807, 2.05) is 24.3 Å². The van der Waals surface area contributed by atoms with Crippen molar-refractivity contribution in [2.75, 3.05) is 18.0 Å². The van der Waals surface area contributed by atoms with E-state index in [1.54, 1.807) is 18.2 Å². The number of fused-ring (bicyclic) bond motifs is 1. The third-order valence-electron chi connectivity index (χ3n) is 4.22. The van der Waals surface area contributed by atoms with E-state index in [0.29, 0.717) is 17.1 Å². The molecule has 0 aromatic heterocycles. The highest BCUT2D eigenvalue weighted by Gasteiger charge is 2.28. The molecular weight excluding hydrogens is 330 g/mol. The van der Waals surface area contributed by atoms with Crippen molar-refractivity contribution in [1.82, 2.24) is 0 Å². The number of rotatable bonds is 5. The molecule has 0 spiro atoms. The topological polar surface area (TPSA) is 55.8 Å². The predicted molar refractivity (Wildman–Crippen MR) is 101 cm³/mol. The number of anilines is 1. The molecule has 0 fully saturated rings. The number of hydrogen-bond donors (Lipinski definition) is 0. The molecule has 0 atom stereocenters. The molecule has 0 saturated carbocycles. The molecule has 134 valence electrons. The van der Waals surface area contributed by atoms with E-state index in [4.69, 9.17) is 9.47 Å². The summed E-state index contributed by atoms with van der Waals surface area (Å²) >= 11 is 0. The summed E-state index contributed by atoms with van der Waals surface area (Å²) in [5, 5.41) is 0. The van der Waals surface area contributed by atoms with E-state index in [2.05, 4.69) is 18.7 Å². The number of ketones is 1. The summed E-state index contributed by atoms with van der Waals surface area (Å²) in [6, 6.07) is 12.8. The van der Waals surface area contributed by atoms with Crippen LogP contribution in [-0.2, 0) is 4.79 Å². The Hall–Kier alpha value is -3.08. The Balaban J connectivity index is 1.82. The fourth-order valence-corrected chi connectivity index (χ4v) is 2.92. The van der Waals surface area contributed by atoms with Crippen LogP contribution in [0.15, 0.2) is 48.2 Å². The first-order chi connectivity index (χ1) is 12.5. The van der Waals surface area contributed by atoms with Crippen LogP contribution in [0.1, 0.15) is 36.7 Å². The van der Waals surface area contributed by atoms with Gasteiger partial charge in [-0.2, -0.15) is 0 Å². The number of nitrogens with zero attached hydrogens (tertiary/aromatic N) is 1. The van der Waals surface area contributed by atoms with Gasteiger partial charge in [0.1, 0.15) is 11.5 Å². The van der Waals surface area contributed by atoms with Gasteiger partial charge in [-0.15, -0.1) is 0 Å². The van der Waals surface area contributed by atoms with Gasteiger partial charge >= 0.3 is 5.97 Å². The van der Waals surface area contributed by atoms with Crippen molar-refractivity contribution < 1.29 is 19.1 Å². The number of esters is 1. The van der Waals surface area contributed by atoms with Gasteiger partial charge < -0.3 is 14.4 Å². The predicted octanol–water partition coefficient (Wildman–Crippen LogP) is 4.07. The Bertz CT molecular complexity index is 864. The zero-order valence-electron chi connectivity index (χ0n) is 15.1. The molecule has 2 aromatic carbocycles. The SMILES string of the molecule is CCN(CC)c1ccc(/C=C2\Oc3ccc(OC(C)=O)cc3C2=O)cc1. The van der Waals surface area contributed by atoms with E-state index in [9.17, 15) is 9.59 Å². The zero-order valence-corrected chi connectivity index (χ0v) is 15.1. The summed E-state index contributed by atoms with van der Waals surface area (Å²) in [5.41, 5.74) is 2.43. The molecule has 2 aromatic rings. The second-order valence-electron chi connectivity index (χ2n) is 5.96. The Labute approximate surface area is 152 Å². The second kappa shape index (κ2) is 7.44. The van der Waals surface area contributed by atoms with Crippen LogP contribution in [0.2, 0.25) is 0 Å². The van der Waals surface area contributed by atoms with E-state index < -0.39 is 5.97 Å². The summed E-state index contributed by atoms with van der Waals surface area (Å²) in [5.74, 6) is 0.410. The Morgan fingerprint density at radius 3 is 2.42 bits per heavy atom. The molecule has 0 bridgehead atoms. The lowest BCUT2D eigenvalue weighted by Crippen LogP contribution is -2.21. The molecular formula is C21H21NO4. The monoisotopic (exact) mass is 351 g/mol. The van der Waals surface area contributed by atoms with Gasteiger partial charge in [-0.05, 0) is 55.8 Å². The molecule has 0 aliphatic carbocycles. The van der Waals surface area contributed by atoms with Crippen LogP contribution >= 0.6 is 0 Å². The summed E-state index contributed by atoms with van der Waals surface area (Å²) in [7, 11) is 0. The maximum absolute atomic E-state index is 12.6. The first kappa shape index (κ1) is 17.7. The molecule has 0 unspecified atom stereocenters. The fourth-order valence-electron chi connectivity index (χ4n) is 2.92. The number of allylic oxidation sites excluding steroid dienone is 1. The summed E-state index contributed by atoms with van der Waals surface area (Å²) < 4.78 is 10.7. The number of Topliss-reactive ketones (excluding diaryl/α,β-unsaturated/α-hetero) is 1. The fraction of sp³-hybridized carbons (Fsp3) is 0.238. The molecule has 3 rings (SSSR count). The van der Waals surface area contributed by atoms with Gasteiger partial charge in [0.05, 0.1) is 5.56 Å². The molecule has 0 amide bonds. The van der Waals surface area contributed by atoms with Crippen LogP contribution < -0.4 is 14.4 Å². The molecule has 0 N–H and O–H groups in total. The van der Waals surface area contributed by atoms with Gasteiger partial charge in [0.25, 0.3) is 0 Å². The lowest BCUT2D eigenvalue weighted by Gasteiger charge is -2.20. The van der Waals surface area contributed by atoms with Gasteiger partial charge in [0, 0.05) is 25.7 Å². The van der Waals surface area contributed by atoms with Crippen molar-refractivity contribution in [3.63, 3.8) is 0 Å². The van der Waals surface area contributed by atoms with Crippen molar-refractivity contribution in [2.24, 2.45) is 0 Å². The van der Waals surface area contributed by atoms with E-state index >= 15 is 0 Å². The standard InChI is InChI=1S/C21H21NO4/c1-4-22(5-2)16-8-6-15(7-9-16)12-20-21(24)18-13-17(25-14(3)23)10-11-19(18)26-20/h6-13H,4-5H2,1-3H3/b20-12-. The van der Waals surface area contributed by atoms with Crippen molar-refractivity contribution in [1.29, 1.82) is 0 Å². The summed E-state index contributed by atoms with van der Waals surface area (Å²) in [6.07, 6.45) is 1.72. The number of carbonyl (C=O) groups excluding carboxylic acids is 2. The minimum atomic E-state index is -0.430. The number of hydrogen-bond acceptors (Lipinski definition) is 5. The molecule has 1 aliphatic heterocycles. The van der Waals surface area contributed by atoms with Gasteiger partial charge in [-0.3, -0.25) is 9.59 Å². The van der Waals surface area contributed by atoms with E-state index in [0.717, 1.165) is 24.3 Å². The average molecular weight is 351 g/mol. The molecule has 0 radical (unpaired) electrons. The van der Waals surface area contributed by atoms with Crippen LogP contribution in [0.4, 0.5) is 5.69 Å². The van der Waals surface area contributed by atoms with Crippen molar-refractivity contribution in [3.05, 3.63) is 59.4 Å². The van der Waals surface area contributed by atoms with Gasteiger partial charge in [-0.1, -0.05) is 12.1 Å². The molecule has 1 aliphatic rings. The molecule has 1 heterocycles. The minimum Gasteiger partial charge on any atom is -0.452 e. The highest BCUT2D eigenvalue weighted by molar-refractivity contribution is 6.14. The Kier molecular flexibility index (Phi) is 5.07. The minimum absolute atomic E-state index is 0.221. The number of benzene rings is 2. The quantitative estimate of drug-likeness (QED) is 0.462. The lowest BCUT2D eigenvalue weighted by molar-refractivity contribution is -0.131. The third kappa shape index (κ3) is 3.61. The lowest BCUT2D eigenvalue weighted by atomic mass is 10.1. The maximum Gasteiger partial charge on any atom is 0.308 e. The molecule has 26 heavy (non-hydrogen) atoms. The largest absolute Gasteiger partial charge is 0.452 e. The van der Waals surface area contributed by atoms with Crippen molar-refractivity contribution >= 4 is 23.5 Å². The van der Waals surface area contributed by atoms with Crippen molar-refractivity contribution in [2.45, 2.75) is 20.8 Å². The van der Waals surface area contributed by atoms with Gasteiger partial charge in [0.15, 0.2) is 5.76 Å². The first-order valence-electron chi connectivity index (χ1n) is 8.63. The molecule has 5 nitrogen and oxygen atoms in total. The smallest absolute Gasteiger partial charge is 0.308 e. The van der Waals surface area contributed by atoms with Crippen LogP contribution in [0.25, 0.3) is 6.08 Å². The highest BCUT2D eigenvalue weighted by atomic mass is 16.5. The number of carbonyl (C=O) groups is 2. The number of ether oxygens (including phenoxy) is 2. The average Bonchev–Trinajstić information content (AvgIpc) is 2.93. The normalized spacial score (nSPS) is 14.1. The van der Waals surface area contributed by atoms with Gasteiger partial charge in [0.2, 0.25) is 5.78 Å². The summed E-state index contributed by atoms with van der Waals surface area (Å²) in [4.78, 5) is 25.9.